The summed E-state index contributed by atoms with van der Waals surface area (Å²) in [5.74, 6) is 1.13. The maximum absolute atomic E-state index is 11.8. The van der Waals surface area contributed by atoms with E-state index < -0.39 is 0 Å². The molecule has 0 aliphatic carbocycles. The summed E-state index contributed by atoms with van der Waals surface area (Å²) in [6.07, 6.45) is 0.725. The molecule has 1 atom stereocenters. The lowest BCUT2D eigenvalue weighted by molar-refractivity contribution is -0.132. The van der Waals surface area contributed by atoms with Crippen LogP contribution in [0.4, 0.5) is 0 Å². The van der Waals surface area contributed by atoms with E-state index in [4.69, 9.17) is 5.73 Å². The van der Waals surface area contributed by atoms with E-state index in [9.17, 15) is 4.79 Å². The number of rotatable bonds is 2. The van der Waals surface area contributed by atoms with Crippen molar-refractivity contribution in [3.05, 3.63) is 0 Å². The molecule has 0 spiro atoms. The maximum atomic E-state index is 11.8. The molecule has 1 amide bonds. The summed E-state index contributed by atoms with van der Waals surface area (Å²) < 4.78 is 0.182. The van der Waals surface area contributed by atoms with E-state index in [1.165, 1.54) is 0 Å². The molecule has 0 radical (unpaired) electrons. The van der Waals surface area contributed by atoms with Gasteiger partial charge in [0.1, 0.15) is 0 Å². The van der Waals surface area contributed by atoms with Gasteiger partial charge in [0.2, 0.25) is 5.91 Å². The lowest BCUT2D eigenvalue weighted by Gasteiger charge is -2.38. The van der Waals surface area contributed by atoms with E-state index in [-0.39, 0.29) is 29.1 Å². The van der Waals surface area contributed by atoms with Crippen LogP contribution >= 0.6 is 24.2 Å². The third-order valence-corrected chi connectivity index (χ3v) is 3.79. The molecular weight excluding hydrogens is 232 g/mol. The number of hydrogen-bond donors (Lipinski definition) is 1. The average Bonchev–Trinajstić information content (AvgIpc) is 2.14. The molecular formula is C10H21ClN2OS. The molecule has 5 heteroatoms. The zero-order chi connectivity index (χ0) is 10.8. The maximum Gasteiger partial charge on any atom is 0.239 e. The molecule has 0 bridgehead atoms. The third-order valence-electron chi connectivity index (χ3n) is 2.49. The van der Waals surface area contributed by atoms with Crippen LogP contribution in [0.25, 0.3) is 0 Å². The highest BCUT2D eigenvalue weighted by Crippen LogP contribution is 2.29. The van der Waals surface area contributed by atoms with Gasteiger partial charge in [-0.3, -0.25) is 4.79 Å². The topological polar surface area (TPSA) is 46.3 Å². The van der Waals surface area contributed by atoms with E-state index in [0.29, 0.717) is 0 Å². The van der Waals surface area contributed by atoms with Crippen LogP contribution in [0.5, 0.6) is 0 Å². The monoisotopic (exact) mass is 252 g/mol. The van der Waals surface area contributed by atoms with Crippen LogP contribution in [0.3, 0.4) is 0 Å². The Labute approximate surface area is 103 Å². The van der Waals surface area contributed by atoms with Crippen LogP contribution in [0.15, 0.2) is 0 Å². The molecule has 3 nitrogen and oxygen atoms in total. The number of hydrogen-bond acceptors (Lipinski definition) is 3. The van der Waals surface area contributed by atoms with Gasteiger partial charge >= 0.3 is 0 Å². The van der Waals surface area contributed by atoms with Crippen molar-refractivity contribution in [2.75, 3.05) is 18.8 Å². The predicted octanol–water partition coefficient (Wildman–Crippen LogP) is 1.50. The molecule has 1 heterocycles. The van der Waals surface area contributed by atoms with Crippen molar-refractivity contribution >= 4 is 30.1 Å². The first kappa shape index (κ1) is 15.1. The van der Waals surface area contributed by atoms with Gasteiger partial charge < -0.3 is 10.6 Å². The number of nitrogens with two attached hydrogens (primary N) is 1. The van der Waals surface area contributed by atoms with E-state index in [2.05, 4.69) is 13.8 Å². The number of thioether (sulfide) groups is 1. The van der Waals surface area contributed by atoms with Gasteiger partial charge in [0.05, 0.1) is 6.04 Å². The zero-order valence-corrected chi connectivity index (χ0v) is 11.3. The molecule has 1 saturated heterocycles. The van der Waals surface area contributed by atoms with Crippen LogP contribution in [0, 0.1) is 0 Å². The molecule has 1 rings (SSSR count). The normalized spacial score (nSPS) is 21.7. The Bertz CT molecular complexity index is 223. The van der Waals surface area contributed by atoms with Gasteiger partial charge in [-0.2, -0.15) is 11.8 Å². The zero-order valence-electron chi connectivity index (χ0n) is 9.66. The molecule has 0 aromatic carbocycles. The summed E-state index contributed by atoms with van der Waals surface area (Å²) in [7, 11) is 0. The number of nitrogens with zero attached hydrogens (tertiary/aromatic N) is 1. The van der Waals surface area contributed by atoms with Crippen molar-refractivity contribution in [2.24, 2.45) is 5.73 Å². The minimum Gasteiger partial charge on any atom is -0.339 e. The minimum absolute atomic E-state index is 0. The van der Waals surface area contributed by atoms with Crippen LogP contribution in [0.2, 0.25) is 0 Å². The Morgan fingerprint density at radius 3 is 2.67 bits per heavy atom. The third kappa shape index (κ3) is 4.21. The van der Waals surface area contributed by atoms with Gasteiger partial charge in [-0.25, -0.2) is 0 Å². The number of halogens is 1. The molecule has 0 aromatic rings. The largest absolute Gasteiger partial charge is 0.339 e. The minimum atomic E-state index is -0.311. The fourth-order valence-corrected chi connectivity index (χ4v) is 2.73. The van der Waals surface area contributed by atoms with Crippen LogP contribution in [-0.4, -0.2) is 40.4 Å². The Morgan fingerprint density at radius 2 is 2.20 bits per heavy atom. The fraction of sp³-hybridized carbons (Fsp3) is 0.900. The second kappa shape index (κ2) is 5.97. The summed E-state index contributed by atoms with van der Waals surface area (Å²) in [4.78, 5) is 13.7. The highest BCUT2D eigenvalue weighted by Gasteiger charge is 2.31. The standard InChI is InChI=1S/C10H20N2OS.ClH/c1-4-8(11)9(13)12-5-6-14-10(2,3)7-12;/h8H,4-7,11H2,1-3H3;1H/t8-;/m0./s1. The van der Waals surface area contributed by atoms with Crippen molar-refractivity contribution in [3.63, 3.8) is 0 Å². The predicted molar refractivity (Wildman–Crippen MR) is 68.6 cm³/mol. The summed E-state index contributed by atoms with van der Waals surface area (Å²) in [6.45, 7) is 7.97. The summed E-state index contributed by atoms with van der Waals surface area (Å²) in [5, 5.41) is 0. The first-order valence-corrected chi connectivity index (χ1v) is 6.13. The van der Waals surface area contributed by atoms with Crippen molar-refractivity contribution in [2.45, 2.75) is 38.0 Å². The molecule has 15 heavy (non-hydrogen) atoms. The quantitative estimate of drug-likeness (QED) is 0.810. The summed E-state index contributed by atoms with van der Waals surface area (Å²) in [5.41, 5.74) is 5.74. The highest BCUT2D eigenvalue weighted by molar-refractivity contribution is 8.00. The molecule has 1 fully saturated rings. The van der Waals surface area contributed by atoms with Crippen molar-refractivity contribution in [3.8, 4) is 0 Å². The number of carbonyl (C=O) groups is 1. The number of carbonyl (C=O) groups excluding carboxylic acids is 1. The van der Waals surface area contributed by atoms with E-state index in [0.717, 1.165) is 25.3 Å². The van der Waals surface area contributed by atoms with Gasteiger partial charge in [0.25, 0.3) is 0 Å². The smallest absolute Gasteiger partial charge is 0.239 e. The molecule has 0 unspecified atom stereocenters. The van der Waals surface area contributed by atoms with Gasteiger partial charge in [-0.05, 0) is 20.3 Å². The Kier molecular flexibility index (Phi) is 5.99. The molecule has 1 aliphatic heterocycles. The lowest BCUT2D eigenvalue weighted by Crippen LogP contribution is -2.51. The summed E-state index contributed by atoms with van der Waals surface area (Å²) >= 11 is 1.93. The first-order valence-electron chi connectivity index (χ1n) is 5.14. The van der Waals surface area contributed by atoms with Crippen LogP contribution in [-0.2, 0) is 4.79 Å². The second-order valence-corrected chi connectivity index (χ2v) is 6.18. The average molecular weight is 253 g/mol. The first-order chi connectivity index (χ1) is 6.46. The molecule has 1 aliphatic rings. The van der Waals surface area contributed by atoms with Gasteiger partial charge in [0.15, 0.2) is 0 Å². The van der Waals surface area contributed by atoms with Crippen LogP contribution < -0.4 is 5.73 Å². The van der Waals surface area contributed by atoms with Gasteiger partial charge in [-0.1, -0.05) is 6.92 Å². The van der Waals surface area contributed by atoms with Crippen molar-refractivity contribution in [1.29, 1.82) is 0 Å². The van der Waals surface area contributed by atoms with Crippen molar-refractivity contribution < 1.29 is 4.79 Å². The Morgan fingerprint density at radius 1 is 1.60 bits per heavy atom. The second-order valence-electron chi connectivity index (χ2n) is 4.38. The van der Waals surface area contributed by atoms with Crippen molar-refractivity contribution in [1.82, 2.24) is 4.90 Å². The molecule has 90 valence electrons. The number of amides is 1. The SMILES string of the molecule is CC[C@H](N)C(=O)N1CCSC(C)(C)C1.Cl. The fourth-order valence-electron chi connectivity index (χ4n) is 1.61. The Hall–Kier alpha value is 0.0700. The summed E-state index contributed by atoms with van der Waals surface area (Å²) in [6, 6.07) is -0.311. The lowest BCUT2D eigenvalue weighted by atomic mass is 10.1. The van der Waals surface area contributed by atoms with Gasteiger partial charge in [-0.15, -0.1) is 12.4 Å². The molecule has 0 saturated carbocycles. The van der Waals surface area contributed by atoms with Crippen LogP contribution in [0.1, 0.15) is 27.2 Å². The molecule has 2 N–H and O–H groups in total. The molecule has 0 aromatic heterocycles. The van der Waals surface area contributed by atoms with Gasteiger partial charge in [0, 0.05) is 23.6 Å². The Balaban J connectivity index is 0.00000196. The van der Waals surface area contributed by atoms with E-state index in [1.54, 1.807) is 0 Å². The highest BCUT2D eigenvalue weighted by atomic mass is 35.5. The van der Waals surface area contributed by atoms with E-state index >= 15 is 0 Å². The van der Waals surface area contributed by atoms with E-state index in [1.807, 2.05) is 23.6 Å².